The molecule has 0 spiro atoms. The molecule has 0 unspecified atom stereocenters. The van der Waals surface area contributed by atoms with Gasteiger partial charge in [-0.15, -0.1) is 0 Å². The van der Waals surface area contributed by atoms with Crippen LogP contribution < -0.4 is 5.32 Å². The number of benzene rings is 1. The van der Waals surface area contributed by atoms with Crippen LogP contribution in [0.3, 0.4) is 0 Å². The van der Waals surface area contributed by atoms with Crippen LogP contribution in [-0.4, -0.2) is 47.1 Å². The van der Waals surface area contributed by atoms with Crippen molar-refractivity contribution in [2.75, 3.05) is 26.2 Å². The zero-order chi connectivity index (χ0) is 16.7. The van der Waals surface area contributed by atoms with E-state index in [0.717, 1.165) is 31.7 Å². The third-order valence-electron chi connectivity index (χ3n) is 3.50. The maximum atomic E-state index is 11.4. The molecule has 0 atom stereocenters. The second-order valence-electron chi connectivity index (χ2n) is 4.99. The number of rotatable bonds is 4. The Bertz CT molecular complexity index is 619. The highest BCUT2D eigenvalue weighted by molar-refractivity contribution is 5.87. The van der Waals surface area contributed by atoms with Gasteiger partial charge in [0.25, 0.3) is 0 Å². The number of piperazine rings is 1. The Hall–Kier alpha value is -2.18. The summed E-state index contributed by atoms with van der Waals surface area (Å²) in [5.41, 5.74) is 0.791. The fraction of sp³-hybridized carbons (Fsp3) is 0.412. The summed E-state index contributed by atoms with van der Waals surface area (Å²) in [6.07, 6.45) is 0. The second-order valence-corrected chi connectivity index (χ2v) is 4.99. The van der Waals surface area contributed by atoms with Crippen molar-refractivity contribution in [2.24, 2.45) is 0 Å². The number of nitrogens with zero attached hydrogens (tertiary/aromatic N) is 2. The number of hydrogen-bond donors (Lipinski definition) is 2. The lowest BCUT2D eigenvalue weighted by Gasteiger charge is -2.26. The van der Waals surface area contributed by atoms with E-state index in [4.69, 9.17) is 4.42 Å². The maximum absolute atomic E-state index is 11.4. The van der Waals surface area contributed by atoms with Crippen LogP contribution in [0, 0.1) is 0 Å². The molecule has 124 valence electrons. The van der Waals surface area contributed by atoms with Crippen molar-refractivity contribution in [1.82, 2.24) is 15.2 Å². The predicted octanol–water partition coefficient (Wildman–Crippen LogP) is 2.47. The van der Waals surface area contributed by atoms with E-state index in [2.05, 4.69) is 15.2 Å². The van der Waals surface area contributed by atoms with E-state index in [9.17, 15) is 9.90 Å². The summed E-state index contributed by atoms with van der Waals surface area (Å²) in [5, 5.41) is 12.6. The minimum Gasteiger partial charge on any atom is -0.476 e. The SMILES string of the molecule is CC.O=C(O)c1nc(-c2ccccc2)oc1CN1CCNCC1. The van der Waals surface area contributed by atoms with E-state index in [0.29, 0.717) is 18.2 Å². The van der Waals surface area contributed by atoms with Crippen molar-refractivity contribution >= 4 is 5.97 Å². The number of carboxylic acid groups (broad SMARTS) is 1. The van der Waals surface area contributed by atoms with Gasteiger partial charge in [0.05, 0.1) is 6.54 Å². The van der Waals surface area contributed by atoms with E-state index < -0.39 is 5.97 Å². The molecule has 0 bridgehead atoms. The Morgan fingerprint density at radius 2 is 1.91 bits per heavy atom. The molecule has 1 aromatic carbocycles. The molecule has 2 aromatic rings. The van der Waals surface area contributed by atoms with Crippen LogP contribution in [-0.2, 0) is 6.54 Å². The largest absolute Gasteiger partial charge is 0.476 e. The Morgan fingerprint density at radius 1 is 1.26 bits per heavy atom. The van der Waals surface area contributed by atoms with Crippen LogP contribution in [0.1, 0.15) is 30.1 Å². The monoisotopic (exact) mass is 317 g/mol. The normalized spacial score (nSPS) is 14.9. The molecule has 0 amide bonds. The third kappa shape index (κ3) is 4.40. The van der Waals surface area contributed by atoms with E-state index in [1.807, 2.05) is 44.2 Å². The average Bonchev–Trinajstić information content (AvgIpc) is 3.02. The van der Waals surface area contributed by atoms with E-state index in [1.54, 1.807) is 0 Å². The molecule has 6 nitrogen and oxygen atoms in total. The molecule has 1 aliphatic rings. The standard InChI is InChI=1S/C15H17N3O3.C2H6/c19-15(20)13-12(10-18-8-6-16-7-9-18)21-14(17-13)11-4-2-1-3-5-11;1-2/h1-5,16H,6-10H2,(H,19,20);1-2H3. The van der Waals surface area contributed by atoms with Crippen LogP contribution in [0.2, 0.25) is 0 Å². The highest BCUT2D eigenvalue weighted by Gasteiger charge is 2.22. The molecule has 1 aliphatic heterocycles. The van der Waals surface area contributed by atoms with Gasteiger partial charge < -0.3 is 14.8 Å². The zero-order valence-electron chi connectivity index (χ0n) is 13.6. The first-order chi connectivity index (χ1) is 11.2. The molecule has 6 heteroatoms. The summed E-state index contributed by atoms with van der Waals surface area (Å²) in [4.78, 5) is 17.7. The molecule has 23 heavy (non-hydrogen) atoms. The lowest BCUT2D eigenvalue weighted by molar-refractivity contribution is 0.0686. The van der Waals surface area contributed by atoms with Crippen molar-refractivity contribution < 1.29 is 14.3 Å². The van der Waals surface area contributed by atoms with Crippen molar-refractivity contribution in [3.63, 3.8) is 0 Å². The summed E-state index contributed by atoms with van der Waals surface area (Å²) in [5.74, 6) is -0.271. The number of nitrogens with one attached hydrogen (secondary N) is 1. The lowest BCUT2D eigenvalue weighted by atomic mass is 10.2. The molecule has 3 rings (SSSR count). The molecule has 1 saturated heterocycles. The number of aromatic carboxylic acids is 1. The van der Waals surface area contributed by atoms with Crippen LogP contribution in [0.25, 0.3) is 11.5 Å². The molecule has 0 aliphatic carbocycles. The van der Waals surface area contributed by atoms with E-state index in [-0.39, 0.29) is 5.69 Å². The second kappa shape index (κ2) is 8.45. The van der Waals surface area contributed by atoms with Crippen molar-refractivity contribution in [3.8, 4) is 11.5 Å². The van der Waals surface area contributed by atoms with Crippen LogP contribution in [0.4, 0.5) is 0 Å². The number of aromatic nitrogens is 1. The molecular formula is C17H23N3O3. The van der Waals surface area contributed by atoms with Gasteiger partial charge in [0.2, 0.25) is 5.89 Å². The quantitative estimate of drug-likeness (QED) is 0.902. The Balaban J connectivity index is 0.000000924. The summed E-state index contributed by atoms with van der Waals surface area (Å²) in [6.45, 7) is 8.04. The topological polar surface area (TPSA) is 78.6 Å². The summed E-state index contributed by atoms with van der Waals surface area (Å²) in [6, 6.07) is 9.34. The first-order valence-corrected chi connectivity index (χ1v) is 7.95. The first kappa shape index (κ1) is 17.2. The first-order valence-electron chi connectivity index (χ1n) is 7.95. The molecule has 2 heterocycles. The number of carboxylic acids is 1. The fourth-order valence-corrected chi connectivity index (χ4v) is 2.40. The Kier molecular flexibility index (Phi) is 6.31. The van der Waals surface area contributed by atoms with Crippen molar-refractivity contribution in [2.45, 2.75) is 20.4 Å². The van der Waals surface area contributed by atoms with Gasteiger partial charge in [0, 0.05) is 31.7 Å². The summed E-state index contributed by atoms with van der Waals surface area (Å²) >= 11 is 0. The maximum Gasteiger partial charge on any atom is 0.358 e. The van der Waals surface area contributed by atoms with Gasteiger partial charge in [-0.05, 0) is 12.1 Å². The highest BCUT2D eigenvalue weighted by atomic mass is 16.4. The van der Waals surface area contributed by atoms with Gasteiger partial charge in [0.1, 0.15) is 0 Å². The zero-order valence-corrected chi connectivity index (χ0v) is 13.6. The van der Waals surface area contributed by atoms with Gasteiger partial charge in [-0.25, -0.2) is 9.78 Å². The smallest absolute Gasteiger partial charge is 0.358 e. The predicted molar refractivity (Wildman–Crippen MR) is 88.4 cm³/mol. The minimum atomic E-state index is -1.05. The van der Waals surface area contributed by atoms with E-state index >= 15 is 0 Å². The molecule has 0 saturated carbocycles. The molecular weight excluding hydrogens is 294 g/mol. The number of hydrogen-bond acceptors (Lipinski definition) is 5. The summed E-state index contributed by atoms with van der Waals surface area (Å²) in [7, 11) is 0. The van der Waals surface area contributed by atoms with Crippen LogP contribution >= 0.6 is 0 Å². The fourth-order valence-electron chi connectivity index (χ4n) is 2.40. The Labute approximate surface area is 136 Å². The van der Waals surface area contributed by atoms with Crippen LogP contribution in [0.15, 0.2) is 34.7 Å². The molecule has 1 fully saturated rings. The number of oxazole rings is 1. The molecule has 0 radical (unpaired) electrons. The molecule has 1 aromatic heterocycles. The van der Waals surface area contributed by atoms with E-state index in [1.165, 1.54) is 0 Å². The highest BCUT2D eigenvalue weighted by Crippen LogP contribution is 2.23. The minimum absolute atomic E-state index is 0.00684. The van der Waals surface area contributed by atoms with Gasteiger partial charge in [0.15, 0.2) is 11.5 Å². The summed E-state index contributed by atoms with van der Waals surface area (Å²) < 4.78 is 5.71. The van der Waals surface area contributed by atoms with Crippen LogP contribution in [0.5, 0.6) is 0 Å². The number of carbonyl (C=O) groups is 1. The van der Waals surface area contributed by atoms with Gasteiger partial charge in [-0.2, -0.15) is 0 Å². The third-order valence-corrected chi connectivity index (χ3v) is 3.50. The molecule has 2 N–H and O–H groups in total. The van der Waals surface area contributed by atoms with Gasteiger partial charge in [-0.3, -0.25) is 4.90 Å². The van der Waals surface area contributed by atoms with Gasteiger partial charge in [-0.1, -0.05) is 32.0 Å². The lowest BCUT2D eigenvalue weighted by Crippen LogP contribution is -2.43. The Morgan fingerprint density at radius 3 is 2.52 bits per heavy atom. The average molecular weight is 317 g/mol. The van der Waals surface area contributed by atoms with Gasteiger partial charge >= 0.3 is 5.97 Å². The van der Waals surface area contributed by atoms with Crippen molar-refractivity contribution in [1.29, 1.82) is 0 Å². The van der Waals surface area contributed by atoms with Crippen molar-refractivity contribution in [3.05, 3.63) is 41.8 Å².